The van der Waals surface area contributed by atoms with Crippen molar-refractivity contribution in [2.75, 3.05) is 5.32 Å². The SMILES string of the molecule is Cc1ccc(OC(C)C(=O)Nc2ccccc2CN)cc1. The molecule has 0 aliphatic rings. The van der Waals surface area contributed by atoms with Gasteiger partial charge in [-0.05, 0) is 37.6 Å². The van der Waals surface area contributed by atoms with Crippen molar-refractivity contribution in [1.29, 1.82) is 0 Å². The fourth-order valence-electron chi connectivity index (χ4n) is 1.93. The summed E-state index contributed by atoms with van der Waals surface area (Å²) in [5.41, 5.74) is 8.43. The molecule has 1 atom stereocenters. The minimum Gasteiger partial charge on any atom is -0.481 e. The zero-order chi connectivity index (χ0) is 15.2. The van der Waals surface area contributed by atoms with Gasteiger partial charge in [0.05, 0.1) is 0 Å². The second kappa shape index (κ2) is 6.90. The van der Waals surface area contributed by atoms with Crippen molar-refractivity contribution in [3.05, 3.63) is 59.7 Å². The van der Waals surface area contributed by atoms with Crippen molar-refractivity contribution in [1.82, 2.24) is 0 Å². The smallest absolute Gasteiger partial charge is 0.265 e. The van der Waals surface area contributed by atoms with E-state index >= 15 is 0 Å². The number of anilines is 1. The molecular weight excluding hydrogens is 264 g/mol. The first-order chi connectivity index (χ1) is 10.1. The monoisotopic (exact) mass is 284 g/mol. The minimum atomic E-state index is -0.585. The Morgan fingerprint density at radius 1 is 1.19 bits per heavy atom. The van der Waals surface area contributed by atoms with Crippen LogP contribution in [0.25, 0.3) is 0 Å². The van der Waals surface area contributed by atoms with Crippen LogP contribution in [0.2, 0.25) is 0 Å². The van der Waals surface area contributed by atoms with E-state index in [4.69, 9.17) is 10.5 Å². The molecule has 0 aromatic heterocycles. The van der Waals surface area contributed by atoms with Crippen LogP contribution in [0.3, 0.4) is 0 Å². The number of carbonyl (C=O) groups is 1. The number of carbonyl (C=O) groups excluding carboxylic acids is 1. The maximum atomic E-state index is 12.2. The third kappa shape index (κ3) is 4.07. The number of rotatable bonds is 5. The van der Waals surface area contributed by atoms with Crippen LogP contribution in [-0.4, -0.2) is 12.0 Å². The fourth-order valence-corrected chi connectivity index (χ4v) is 1.93. The number of nitrogens with two attached hydrogens (primary N) is 1. The van der Waals surface area contributed by atoms with Gasteiger partial charge >= 0.3 is 0 Å². The standard InChI is InChI=1S/C17H20N2O2/c1-12-7-9-15(10-8-12)21-13(2)17(20)19-16-6-4-3-5-14(16)11-18/h3-10,13H,11,18H2,1-2H3,(H,19,20). The molecule has 21 heavy (non-hydrogen) atoms. The highest BCUT2D eigenvalue weighted by atomic mass is 16.5. The third-order valence-corrected chi connectivity index (χ3v) is 3.20. The van der Waals surface area contributed by atoms with Crippen LogP contribution < -0.4 is 15.8 Å². The van der Waals surface area contributed by atoms with E-state index in [-0.39, 0.29) is 5.91 Å². The zero-order valence-corrected chi connectivity index (χ0v) is 12.3. The average Bonchev–Trinajstić information content (AvgIpc) is 2.50. The van der Waals surface area contributed by atoms with Gasteiger partial charge in [-0.2, -0.15) is 0 Å². The Balaban J connectivity index is 2.01. The minimum absolute atomic E-state index is 0.198. The van der Waals surface area contributed by atoms with Gasteiger partial charge in [0.15, 0.2) is 6.10 Å². The molecule has 3 N–H and O–H groups in total. The number of benzene rings is 2. The van der Waals surface area contributed by atoms with Gasteiger partial charge in [0.25, 0.3) is 5.91 Å². The predicted molar refractivity (Wildman–Crippen MR) is 84.2 cm³/mol. The number of para-hydroxylation sites is 1. The predicted octanol–water partition coefficient (Wildman–Crippen LogP) is 2.86. The Labute approximate surface area is 124 Å². The Bertz CT molecular complexity index is 608. The third-order valence-electron chi connectivity index (χ3n) is 3.20. The lowest BCUT2D eigenvalue weighted by Gasteiger charge is -2.16. The summed E-state index contributed by atoms with van der Waals surface area (Å²) in [4.78, 5) is 12.2. The van der Waals surface area contributed by atoms with E-state index in [2.05, 4.69) is 5.32 Å². The van der Waals surface area contributed by atoms with Crippen molar-refractivity contribution in [3.63, 3.8) is 0 Å². The molecular formula is C17H20N2O2. The fraction of sp³-hybridized carbons (Fsp3) is 0.235. The molecule has 0 aliphatic heterocycles. The molecule has 2 rings (SSSR count). The summed E-state index contributed by atoms with van der Waals surface area (Å²) in [5, 5.41) is 2.85. The molecule has 110 valence electrons. The summed E-state index contributed by atoms with van der Waals surface area (Å²) in [5.74, 6) is 0.479. The second-order valence-electron chi connectivity index (χ2n) is 4.92. The molecule has 2 aromatic rings. The van der Waals surface area contributed by atoms with Crippen molar-refractivity contribution in [3.8, 4) is 5.75 Å². The number of ether oxygens (including phenoxy) is 1. The van der Waals surface area contributed by atoms with Crippen molar-refractivity contribution in [2.24, 2.45) is 5.73 Å². The van der Waals surface area contributed by atoms with E-state index < -0.39 is 6.10 Å². The van der Waals surface area contributed by atoms with Crippen LogP contribution in [0.15, 0.2) is 48.5 Å². The molecule has 0 spiro atoms. The van der Waals surface area contributed by atoms with E-state index in [1.165, 1.54) is 0 Å². The molecule has 1 amide bonds. The molecule has 0 aliphatic carbocycles. The molecule has 0 fully saturated rings. The van der Waals surface area contributed by atoms with Crippen molar-refractivity contribution >= 4 is 11.6 Å². The number of aryl methyl sites for hydroxylation is 1. The number of amides is 1. The second-order valence-corrected chi connectivity index (χ2v) is 4.92. The van der Waals surface area contributed by atoms with E-state index in [0.717, 1.165) is 16.8 Å². The molecule has 0 saturated carbocycles. The first kappa shape index (κ1) is 15.1. The highest BCUT2D eigenvalue weighted by molar-refractivity contribution is 5.94. The Morgan fingerprint density at radius 3 is 2.52 bits per heavy atom. The lowest BCUT2D eigenvalue weighted by molar-refractivity contribution is -0.122. The summed E-state index contributed by atoms with van der Waals surface area (Å²) in [6.45, 7) is 4.10. The Hall–Kier alpha value is -2.33. The molecule has 0 saturated heterocycles. The molecule has 2 aromatic carbocycles. The lowest BCUT2D eigenvalue weighted by Crippen LogP contribution is -2.30. The van der Waals surface area contributed by atoms with Crippen LogP contribution in [0, 0.1) is 6.92 Å². The summed E-state index contributed by atoms with van der Waals surface area (Å²) in [6, 6.07) is 15.1. The maximum Gasteiger partial charge on any atom is 0.265 e. The van der Waals surface area contributed by atoms with Crippen LogP contribution in [0.1, 0.15) is 18.1 Å². The summed E-state index contributed by atoms with van der Waals surface area (Å²) >= 11 is 0. The van der Waals surface area contributed by atoms with Gasteiger partial charge < -0.3 is 15.8 Å². The normalized spacial score (nSPS) is 11.8. The van der Waals surface area contributed by atoms with Crippen molar-refractivity contribution < 1.29 is 9.53 Å². The van der Waals surface area contributed by atoms with Gasteiger partial charge in [0.2, 0.25) is 0 Å². The lowest BCUT2D eigenvalue weighted by atomic mass is 10.1. The summed E-state index contributed by atoms with van der Waals surface area (Å²) < 4.78 is 5.63. The Morgan fingerprint density at radius 2 is 1.86 bits per heavy atom. The first-order valence-corrected chi connectivity index (χ1v) is 6.92. The van der Waals surface area contributed by atoms with Gasteiger partial charge in [-0.15, -0.1) is 0 Å². The van der Waals surface area contributed by atoms with E-state index in [1.807, 2.05) is 55.5 Å². The van der Waals surface area contributed by atoms with Gasteiger partial charge in [-0.25, -0.2) is 0 Å². The molecule has 0 heterocycles. The summed E-state index contributed by atoms with van der Waals surface area (Å²) in [7, 11) is 0. The Kier molecular flexibility index (Phi) is 4.95. The molecule has 4 nitrogen and oxygen atoms in total. The van der Waals surface area contributed by atoms with Gasteiger partial charge in [-0.3, -0.25) is 4.79 Å². The highest BCUT2D eigenvalue weighted by Gasteiger charge is 2.15. The average molecular weight is 284 g/mol. The number of hydrogen-bond acceptors (Lipinski definition) is 3. The molecule has 4 heteroatoms. The van der Waals surface area contributed by atoms with Gasteiger partial charge in [0, 0.05) is 12.2 Å². The number of nitrogens with one attached hydrogen (secondary N) is 1. The van der Waals surface area contributed by atoms with Crippen LogP contribution in [-0.2, 0) is 11.3 Å². The quantitative estimate of drug-likeness (QED) is 0.887. The largest absolute Gasteiger partial charge is 0.481 e. The highest BCUT2D eigenvalue weighted by Crippen LogP contribution is 2.17. The van der Waals surface area contributed by atoms with E-state index in [9.17, 15) is 4.79 Å². The maximum absolute atomic E-state index is 12.2. The molecule has 1 unspecified atom stereocenters. The summed E-state index contributed by atoms with van der Waals surface area (Å²) in [6.07, 6.45) is -0.585. The zero-order valence-electron chi connectivity index (χ0n) is 12.3. The van der Waals surface area contributed by atoms with Crippen LogP contribution >= 0.6 is 0 Å². The molecule has 0 bridgehead atoms. The van der Waals surface area contributed by atoms with Gasteiger partial charge in [0.1, 0.15) is 5.75 Å². The van der Waals surface area contributed by atoms with E-state index in [0.29, 0.717) is 12.3 Å². The van der Waals surface area contributed by atoms with Crippen molar-refractivity contribution in [2.45, 2.75) is 26.5 Å². The van der Waals surface area contributed by atoms with E-state index in [1.54, 1.807) is 6.92 Å². The van der Waals surface area contributed by atoms with Gasteiger partial charge in [-0.1, -0.05) is 35.9 Å². The first-order valence-electron chi connectivity index (χ1n) is 6.92. The van der Waals surface area contributed by atoms with Crippen LogP contribution in [0.5, 0.6) is 5.75 Å². The molecule has 0 radical (unpaired) electrons. The van der Waals surface area contributed by atoms with Crippen LogP contribution in [0.4, 0.5) is 5.69 Å². The number of hydrogen-bond donors (Lipinski definition) is 2. The topological polar surface area (TPSA) is 64.3 Å².